The maximum atomic E-state index is 12.0. The number of tetrazole rings is 1. The second kappa shape index (κ2) is 6.26. The van der Waals surface area contributed by atoms with Gasteiger partial charge >= 0.3 is 6.03 Å². The molecule has 2 aromatic heterocycles. The fourth-order valence-corrected chi connectivity index (χ4v) is 2.09. The number of carbonyl (C=O) groups excluding carboxylic acids is 1. The number of hydrogen-bond donors (Lipinski definition) is 2. The molecule has 1 atom stereocenters. The van der Waals surface area contributed by atoms with E-state index in [1.807, 2.05) is 32.3 Å². The maximum Gasteiger partial charge on any atom is 0.319 e. The summed E-state index contributed by atoms with van der Waals surface area (Å²) in [7, 11) is 1.84. The van der Waals surface area contributed by atoms with E-state index in [-0.39, 0.29) is 12.1 Å². The van der Waals surface area contributed by atoms with Crippen molar-refractivity contribution in [1.82, 2.24) is 35.3 Å². The number of aromatic nitrogens is 6. The van der Waals surface area contributed by atoms with E-state index in [1.165, 1.54) is 11.0 Å². The molecule has 0 aliphatic rings. The Labute approximate surface area is 132 Å². The fourth-order valence-electron chi connectivity index (χ4n) is 2.09. The van der Waals surface area contributed by atoms with Crippen molar-refractivity contribution >= 4 is 11.7 Å². The Morgan fingerprint density at radius 2 is 2.04 bits per heavy atom. The van der Waals surface area contributed by atoms with Gasteiger partial charge in [-0.15, -0.1) is 5.10 Å². The lowest BCUT2D eigenvalue weighted by atomic mass is 10.2. The van der Waals surface area contributed by atoms with Gasteiger partial charge in [-0.05, 0) is 41.6 Å². The van der Waals surface area contributed by atoms with Crippen LogP contribution in [0.5, 0.6) is 0 Å². The second-order valence-corrected chi connectivity index (χ2v) is 5.07. The van der Waals surface area contributed by atoms with Gasteiger partial charge < -0.3 is 10.6 Å². The minimum Gasteiger partial charge on any atom is -0.331 e. The second-order valence-electron chi connectivity index (χ2n) is 5.07. The van der Waals surface area contributed by atoms with Crippen LogP contribution in [0.25, 0.3) is 5.69 Å². The SMILES string of the molecule is CC(NC(=O)Nc1ccc(-n2cnnn2)cc1)c1cnn(C)c1. The van der Waals surface area contributed by atoms with E-state index in [4.69, 9.17) is 0 Å². The van der Waals surface area contributed by atoms with Crippen molar-refractivity contribution < 1.29 is 4.79 Å². The number of nitrogens with one attached hydrogen (secondary N) is 2. The van der Waals surface area contributed by atoms with Gasteiger partial charge in [-0.3, -0.25) is 4.68 Å². The zero-order valence-corrected chi connectivity index (χ0v) is 12.7. The third-order valence-electron chi connectivity index (χ3n) is 3.31. The van der Waals surface area contributed by atoms with Crippen LogP contribution in [0.3, 0.4) is 0 Å². The van der Waals surface area contributed by atoms with Gasteiger partial charge in [0.25, 0.3) is 0 Å². The van der Waals surface area contributed by atoms with Crippen LogP contribution < -0.4 is 10.6 Å². The van der Waals surface area contributed by atoms with Crippen LogP contribution >= 0.6 is 0 Å². The Balaban J connectivity index is 1.59. The van der Waals surface area contributed by atoms with Crippen molar-refractivity contribution in [2.24, 2.45) is 7.05 Å². The first kappa shape index (κ1) is 14.7. The first-order chi connectivity index (χ1) is 11.1. The highest BCUT2D eigenvalue weighted by Crippen LogP contribution is 2.13. The molecule has 0 saturated carbocycles. The minimum absolute atomic E-state index is 0.135. The zero-order chi connectivity index (χ0) is 16.2. The molecule has 0 aliphatic heterocycles. The first-order valence-electron chi connectivity index (χ1n) is 7.01. The molecule has 3 aromatic rings. The van der Waals surface area contributed by atoms with Gasteiger partial charge in [0.15, 0.2) is 0 Å². The van der Waals surface area contributed by atoms with Crippen LogP contribution in [-0.4, -0.2) is 36.0 Å². The van der Waals surface area contributed by atoms with E-state index in [1.54, 1.807) is 23.0 Å². The third-order valence-corrected chi connectivity index (χ3v) is 3.31. The number of benzene rings is 1. The summed E-state index contributed by atoms with van der Waals surface area (Å²) in [4.78, 5) is 12.0. The van der Waals surface area contributed by atoms with Gasteiger partial charge in [-0.2, -0.15) is 5.10 Å². The fraction of sp³-hybridized carbons (Fsp3) is 0.214. The molecule has 9 nitrogen and oxygen atoms in total. The quantitative estimate of drug-likeness (QED) is 0.755. The van der Waals surface area contributed by atoms with Crippen molar-refractivity contribution in [3.05, 3.63) is 48.5 Å². The number of carbonyl (C=O) groups is 1. The molecule has 1 unspecified atom stereocenters. The highest BCUT2D eigenvalue weighted by atomic mass is 16.2. The summed E-state index contributed by atoms with van der Waals surface area (Å²) in [6.45, 7) is 1.90. The van der Waals surface area contributed by atoms with Crippen LogP contribution in [0.1, 0.15) is 18.5 Å². The molecule has 9 heteroatoms. The molecule has 2 amide bonds. The van der Waals surface area contributed by atoms with Crippen molar-refractivity contribution in [1.29, 1.82) is 0 Å². The van der Waals surface area contributed by atoms with Crippen LogP contribution in [0.2, 0.25) is 0 Å². The normalized spacial score (nSPS) is 11.9. The number of aryl methyl sites for hydroxylation is 1. The standard InChI is InChI=1S/C14H16N8O/c1-10(11-7-16-21(2)8-11)17-14(23)18-12-3-5-13(6-4-12)22-9-15-19-20-22/h3-10H,1-2H3,(H2,17,18,23). The Hall–Kier alpha value is -3.23. The molecule has 23 heavy (non-hydrogen) atoms. The largest absolute Gasteiger partial charge is 0.331 e. The van der Waals surface area contributed by atoms with E-state index in [0.717, 1.165) is 11.3 Å². The Kier molecular flexibility index (Phi) is 4.00. The van der Waals surface area contributed by atoms with Crippen LogP contribution in [0.4, 0.5) is 10.5 Å². The lowest BCUT2D eigenvalue weighted by molar-refractivity contribution is 0.249. The number of anilines is 1. The van der Waals surface area contributed by atoms with Crippen LogP contribution in [0.15, 0.2) is 43.0 Å². The van der Waals surface area contributed by atoms with Crippen molar-refractivity contribution in [2.75, 3.05) is 5.32 Å². The smallest absolute Gasteiger partial charge is 0.319 e. The lowest BCUT2D eigenvalue weighted by Gasteiger charge is -2.13. The number of urea groups is 1. The molecule has 3 rings (SSSR count). The highest BCUT2D eigenvalue weighted by molar-refractivity contribution is 5.89. The molecule has 1 aromatic carbocycles. The van der Waals surface area contributed by atoms with E-state index in [9.17, 15) is 4.79 Å². The van der Waals surface area contributed by atoms with Gasteiger partial charge in [0, 0.05) is 24.5 Å². The zero-order valence-electron chi connectivity index (χ0n) is 12.7. The molecule has 2 N–H and O–H groups in total. The lowest BCUT2D eigenvalue weighted by Crippen LogP contribution is -2.31. The molecule has 0 fully saturated rings. The van der Waals surface area contributed by atoms with Crippen LogP contribution in [0, 0.1) is 0 Å². The number of nitrogens with zero attached hydrogens (tertiary/aromatic N) is 6. The number of amides is 2. The molecule has 2 heterocycles. The van der Waals surface area contributed by atoms with Crippen LogP contribution in [-0.2, 0) is 7.05 Å². The average Bonchev–Trinajstić information content (AvgIpc) is 3.19. The van der Waals surface area contributed by atoms with Gasteiger partial charge in [-0.25, -0.2) is 9.48 Å². The van der Waals surface area contributed by atoms with Crippen molar-refractivity contribution in [3.63, 3.8) is 0 Å². The predicted octanol–water partition coefficient (Wildman–Crippen LogP) is 1.28. The van der Waals surface area contributed by atoms with Crippen molar-refractivity contribution in [2.45, 2.75) is 13.0 Å². The molecule has 0 radical (unpaired) electrons. The minimum atomic E-state index is -0.281. The molecule has 0 saturated heterocycles. The Morgan fingerprint density at radius 3 is 2.65 bits per heavy atom. The van der Waals surface area contributed by atoms with E-state index in [0.29, 0.717) is 5.69 Å². The molecular weight excluding hydrogens is 296 g/mol. The summed E-state index contributed by atoms with van der Waals surface area (Å²) in [6, 6.07) is 6.78. The van der Waals surface area contributed by atoms with Gasteiger partial charge in [0.05, 0.1) is 17.9 Å². The summed E-state index contributed by atoms with van der Waals surface area (Å²) >= 11 is 0. The summed E-state index contributed by atoms with van der Waals surface area (Å²) in [5, 5.41) is 20.7. The molecule has 118 valence electrons. The number of rotatable bonds is 4. The van der Waals surface area contributed by atoms with Crippen molar-refractivity contribution in [3.8, 4) is 5.69 Å². The summed E-state index contributed by atoms with van der Waals surface area (Å²) in [5.41, 5.74) is 2.43. The summed E-state index contributed by atoms with van der Waals surface area (Å²) in [5.74, 6) is 0. The highest BCUT2D eigenvalue weighted by Gasteiger charge is 2.11. The maximum absolute atomic E-state index is 12.0. The average molecular weight is 312 g/mol. The van der Waals surface area contributed by atoms with Gasteiger partial charge in [0.2, 0.25) is 0 Å². The van der Waals surface area contributed by atoms with E-state index in [2.05, 4.69) is 31.3 Å². The third kappa shape index (κ3) is 3.51. The van der Waals surface area contributed by atoms with E-state index < -0.39 is 0 Å². The molecule has 0 spiro atoms. The van der Waals surface area contributed by atoms with E-state index >= 15 is 0 Å². The van der Waals surface area contributed by atoms with Gasteiger partial charge in [-0.1, -0.05) is 0 Å². The molecular formula is C14H16N8O. The molecule has 0 aliphatic carbocycles. The Bertz CT molecular complexity index is 777. The topological polar surface area (TPSA) is 103 Å². The van der Waals surface area contributed by atoms with Gasteiger partial charge in [0.1, 0.15) is 6.33 Å². The summed E-state index contributed by atoms with van der Waals surface area (Å²) < 4.78 is 3.23. The monoisotopic (exact) mass is 312 g/mol. The Morgan fingerprint density at radius 1 is 1.26 bits per heavy atom. The molecule has 0 bridgehead atoms. The predicted molar refractivity (Wildman–Crippen MR) is 82.9 cm³/mol. The number of hydrogen-bond acceptors (Lipinski definition) is 5. The first-order valence-corrected chi connectivity index (χ1v) is 7.01. The summed E-state index contributed by atoms with van der Waals surface area (Å²) in [6.07, 6.45) is 5.10.